The summed E-state index contributed by atoms with van der Waals surface area (Å²) in [5.74, 6) is 0.101. The van der Waals surface area contributed by atoms with Gasteiger partial charge in [0.25, 0.3) is 5.91 Å². The summed E-state index contributed by atoms with van der Waals surface area (Å²) in [7, 11) is 0. The molecule has 1 saturated carbocycles. The first-order valence-corrected chi connectivity index (χ1v) is 6.63. The minimum absolute atomic E-state index is 0.101. The second-order valence-corrected chi connectivity index (χ2v) is 5.38. The van der Waals surface area contributed by atoms with Crippen molar-refractivity contribution in [2.45, 2.75) is 25.7 Å². The summed E-state index contributed by atoms with van der Waals surface area (Å²) in [4.78, 5) is 14.2. The highest BCUT2D eigenvalue weighted by Crippen LogP contribution is 2.41. The predicted octanol–water partition coefficient (Wildman–Crippen LogP) is 0.893. The Labute approximate surface area is 102 Å². The number of ether oxygens (including phenoxy) is 1. The first-order valence-electron chi connectivity index (χ1n) is 6.63. The molecular formula is C13H20N2O2. The van der Waals surface area contributed by atoms with Crippen molar-refractivity contribution in [2.24, 2.45) is 5.41 Å². The van der Waals surface area contributed by atoms with Gasteiger partial charge in [-0.15, -0.1) is 0 Å². The Morgan fingerprint density at radius 1 is 1.24 bits per heavy atom. The van der Waals surface area contributed by atoms with E-state index >= 15 is 0 Å². The predicted molar refractivity (Wildman–Crippen MR) is 64.4 cm³/mol. The van der Waals surface area contributed by atoms with Gasteiger partial charge in [-0.25, -0.2) is 0 Å². The summed E-state index contributed by atoms with van der Waals surface area (Å²) >= 11 is 0. The van der Waals surface area contributed by atoms with Gasteiger partial charge >= 0.3 is 0 Å². The van der Waals surface area contributed by atoms with E-state index in [4.69, 9.17) is 4.74 Å². The lowest BCUT2D eigenvalue weighted by Crippen LogP contribution is -2.48. The molecule has 0 unspecified atom stereocenters. The Bertz CT molecular complexity index is 339. The van der Waals surface area contributed by atoms with Gasteiger partial charge in [-0.05, 0) is 18.9 Å². The molecule has 1 spiro atoms. The molecule has 0 bridgehead atoms. The number of nitrogens with zero attached hydrogens (tertiary/aromatic N) is 1. The number of nitrogens with one attached hydrogen (secondary N) is 1. The lowest BCUT2D eigenvalue weighted by atomic mass is 9.83. The molecule has 0 aromatic carbocycles. The van der Waals surface area contributed by atoms with Crippen LogP contribution in [0.5, 0.6) is 0 Å². The molecule has 1 amide bonds. The number of rotatable bonds is 1. The monoisotopic (exact) mass is 236 g/mol. The largest absolute Gasteiger partial charge is 0.378 e. The average molecular weight is 236 g/mol. The molecule has 1 aliphatic carbocycles. The number of carbonyl (C=O) groups is 1. The summed E-state index contributed by atoms with van der Waals surface area (Å²) < 4.78 is 5.34. The van der Waals surface area contributed by atoms with Crippen molar-refractivity contribution in [3.63, 3.8) is 0 Å². The molecule has 0 atom stereocenters. The Morgan fingerprint density at radius 2 is 1.94 bits per heavy atom. The molecule has 0 aromatic heterocycles. The highest BCUT2D eigenvalue weighted by Gasteiger charge is 2.38. The fourth-order valence-corrected chi connectivity index (χ4v) is 3.19. The van der Waals surface area contributed by atoms with E-state index in [1.165, 1.54) is 25.7 Å². The first-order chi connectivity index (χ1) is 8.29. The number of hydrogen-bond donors (Lipinski definition) is 1. The van der Waals surface area contributed by atoms with Crippen molar-refractivity contribution in [2.75, 3.05) is 32.8 Å². The Hall–Kier alpha value is -1.03. The van der Waals surface area contributed by atoms with Crippen LogP contribution in [-0.4, -0.2) is 43.7 Å². The zero-order valence-electron chi connectivity index (χ0n) is 10.2. The van der Waals surface area contributed by atoms with Gasteiger partial charge < -0.3 is 15.0 Å². The molecule has 2 fully saturated rings. The van der Waals surface area contributed by atoms with Crippen LogP contribution in [0.15, 0.2) is 11.8 Å². The third-order valence-corrected chi connectivity index (χ3v) is 4.23. The van der Waals surface area contributed by atoms with Crippen LogP contribution in [0, 0.1) is 5.41 Å². The van der Waals surface area contributed by atoms with Gasteiger partial charge in [-0.2, -0.15) is 0 Å². The maximum absolute atomic E-state index is 12.0. The van der Waals surface area contributed by atoms with Crippen LogP contribution >= 0.6 is 0 Å². The molecule has 1 saturated heterocycles. The SMILES string of the molecule is O=C1NCC2(C=C1N1CCOCC1)CCCC2. The molecule has 1 N–H and O–H groups in total. The van der Waals surface area contributed by atoms with Crippen molar-refractivity contribution in [1.82, 2.24) is 10.2 Å². The van der Waals surface area contributed by atoms with E-state index in [9.17, 15) is 4.79 Å². The van der Waals surface area contributed by atoms with Crippen LogP contribution in [-0.2, 0) is 9.53 Å². The van der Waals surface area contributed by atoms with E-state index in [0.717, 1.165) is 38.5 Å². The summed E-state index contributed by atoms with van der Waals surface area (Å²) in [6.07, 6.45) is 7.29. The van der Waals surface area contributed by atoms with Crippen molar-refractivity contribution in [1.29, 1.82) is 0 Å². The molecule has 2 aliphatic heterocycles. The van der Waals surface area contributed by atoms with E-state index in [1.54, 1.807) is 0 Å². The van der Waals surface area contributed by atoms with Gasteiger partial charge in [-0.1, -0.05) is 12.8 Å². The van der Waals surface area contributed by atoms with Gasteiger partial charge in [0, 0.05) is 25.0 Å². The van der Waals surface area contributed by atoms with E-state index in [2.05, 4.69) is 16.3 Å². The molecule has 0 aromatic rings. The fraction of sp³-hybridized carbons (Fsp3) is 0.769. The molecule has 94 valence electrons. The Balaban J connectivity index is 1.83. The van der Waals surface area contributed by atoms with Gasteiger partial charge in [0.1, 0.15) is 0 Å². The van der Waals surface area contributed by atoms with E-state index in [0.29, 0.717) is 0 Å². The van der Waals surface area contributed by atoms with Crippen LogP contribution in [0.25, 0.3) is 0 Å². The van der Waals surface area contributed by atoms with Gasteiger partial charge in [0.05, 0.1) is 18.9 Å². The normalized spacial score (nSPS) is 28.1. The molecule has 3 aliphatic rings. The number of amides is 1. The smallest absolute Gasteiger partial charge is 0.267 e. The Morgan fingerprint density at radius 3 is 2.65 bits per heavy atom. The van der Waals surface area contributed by atoms with Crippen LogP contribution in [0.2, 0.25) is 0 Å². The van der Waals surface area contributed by atoms with Gasteiger partial charge in [-0.3, -0.25) is 4.79 Å². The van der Waals surface area contributed by atoms with E-state index in [1.807, 2.05) is 0 Å². The van der Waals surface area contributed by atoms with Crippen LogP contribution in [0.3, 0.4) is 0 Å². The Kier molecular flexibility index (Phi) is 2.82. The number of morpholine rings is 1. The van der Waals surface area contributed by atoms with E-state index in [-0.39, 0.29) is 11.3 Å². The standard InChI is InChI=1S/C13H20N2O2/c16-12-11(15-5-7-17-8-6-15)9-13(10-14-12)3-1-2-4-13/h9H,1-8,10H2,(H,14,16). The van der Waals surface area contributed by atoms with Crippen molar-refractivity contribution in [3.05, 3.63) is 11.8 Å². The summed E-state index contributed by atoms with van der Waals surface area (Å²) in [6.45, 7) is 3.99. The molecule has 4 nitrogen and oxygen atoms in total. The third-order valence-electron chi connectivity index (χ3n) is 4.23. The minimum Gasteiger partial charge on any atom is -0.378 e. The highest BCUT2D eigenvalue weighted by atomic mass is 16.5. The second kappa shape index (κ2) is 4.33. The van der Waals surface area contributed by atoms with Crippen LogP contribution in [0.4, 0.5) is 0 Å². The lowest BCUT2D eigenvalue weighted by Gasteiger charge is -2.37. The lowest BCUT2D eigenvalue weighted by molar-refractivity contribution is -0.120. The number of hydrogen-bond acceptors (Lipinski definition) is 3. The first kappa shape index (κ1) is 11.1. The number of carbonyl (C=O) groups excluding carboxylic acids is 1. The molecule has 3 rings (SSSR count). The molecule has 17 heavy (non-hydrogen) atoms. The summed E-state index contributed by atoms with van der Waals surface area (Å²) in [5.41, 5.74) is 1.14. The van der Waals surface area contributed by atoms with Crippen molar-refractivity contribution < 1.29 is 9.53 Å². The van der Waals surface area contributed by atoms with Crippen LogP contribution < -0.4 is 5.32 Å². The van der Waals surface area contributed by atoms with Gasteiger partial charge in [0.2, 0.25) is 0 Å². The molecule has 0 radical (unpaired) electrons. The van der Waals surface area contributed by atoms with Crippen LogP contribution in [0.1, 0.15) is 25.7 Å². The molecule has 4 heteroatoms. The maximum Gasteiger partial charge on any atom is 0.267 e. The fourth-order valence-electron chi connectivity index (χ4n) is 3.19. The third kappa shape index (κ3) is 2.06. The van der Waals surface area contributed by atoms with Crippen molar-refractivity contribution >= 4 is 5.91 Å². The molecule has 2 heterocycles. The maximum atomic E-state index is 12.0. The van der Waals surface area contributed by atoms with Gasteiger partial charge in [0.15, 0.2) is 0 Å². The zero-order valence-corrected chi connectivity index (χ0v) is 10.2. The van der Waals surface area contributed by atoms with E-state index < -0.39 is 0 Å². The topological polar surface area (TPSA) is 41.6 Å². The minimum atomic E-state index is 0.101. The summed E-state index contributed by atoms with van der Waals surface area (Å²) in [5, 5.41) is 3.07. The molecular weight excluding hydrogens is 216 g/mol. The summed E-state index contributed by atoms with van der Waals surface area (Å²) in [6, 6.07) is 0. The second-order valence-electron chi connectivity index (χ2n) is 5.38. The highest BCUT2D eigenvalue weighted by molar-refractivity contribution is 5.94. The zero-order chi connectivity index (χ0) is 11.7. The quantitative estimate of drug-likeness (QED) is 0.735. The average Bonchev–Trinajstić information content (AvgIpc) is 2.82. The van der Waals surface area contributed by atoms with Crippen molar-refractivity contribution in [3.8, 4) is 0 Å².